The van der Waals surface area contributed by atoms with E-state index in [0.29, 0.717) is 10.7 Å². The lowest BCUT2D eigenvalue weighted by Crippen LogP contribution is -2.11. The molecule has 5 nitrogen and oxygen atoms in total. The number of fused-ring (bicyclic) bond motifs is 2. The van der Waals surface area contributed by atoms with Gasteiger partial charge in [0.1, 0.15) is 10.7 Å². The SMILES string of the molecule is O=C(Nc1nc(-c2nc3ccccc3s2)cs1)c1ccc2ncsc2c1. The molecule has 0 atom stereocenters. The Balaban J connectivity index is 1.40. The first-order valence-electron chi connectivity index (χ1n) is 7.72. The van der Waals surface area contributed by atoms with Crippen LogP contribution in [0.5, 0.6) is 0 Å². The first-order chi connectivity index (χ1) is 12.8. The van der Waals surface area contributed by atoms with Gasteiger partial charge in [-0.15, -0.1) is 34.0 Å². The first kappa shape index (κ1) is 15.6. The summed E-state index contributed by atoms with van der Waals surface area (Å²) in [6.07, 6.45) is 0. The second-order valence-electron chi connectivity index (χ2n) is 5.51. The fraction of sp³-hybridized carbons (Fsp3) is 0. The number of nitrogens with zero attached hydrogens (tertiary/aromatic N) is 3. The lowest BCUT2D eigenvalue weighted by molar-refractivity contribution is 0.102. The molecule has 0 saturated carbocycles. The van der Waals surface area contributed by atoms with Crippen LogP contribution < -0.4 is 5.32 Å². The summed E-state index contributed by atoms with van der Waals surface area (Å²) in [5.41, 5.74) is 5.02. The van der Waals surface area contributed by atoms with Gasteiger partial charge < -0.3 is 0 Å². The van der Waals surface area contributed by atoms with Crippen LogP contribution in [0.2, 0.25) is 0 Å². The van der Waals surface area contributed by atoms with Crippen LogP contribution in [0.1, 0.15) is 10.4 Å². The Morgan fingerprint density at radius 2 is 1.88 bits per heavy atom. The van der Waals surface area contributed by atoms with Gasteiger partial charge in [-0.1, -0.05) is 12.1 Å². The first-order valence-corrected chi connectivity index (χ1v) is 10.3. The summed E-state index contributed by atoms with van der Waals surface area (Å²) in [4.78, 5) is 25.8. The highest BCUT2D eigenvalue weighted by Crippen LogP contribution is 2.32. The second kappa shape index (κ2) is 6.24. The molecule has 0 radical (unpaired) electrons. The molecule has 2 aromatic carbocycles. The minimum atomic E-state index is -0.175. The minimum Gasteiger partial charge on any atom is -0.298 e. The third-order valence-corrected chi connectivity index (χ3v) is 6.44. The number of carbonyl (C=O) groups is 1. The van der Waals surface area contributed by atoms with Gasteiger partial charge in [0.05, 0.1) is 25.9 Å². The predicted molar refractivity (Wildman–Crippen MR) is 108 cm³/mol. The fourth-order valence-electron chi connectivity index (χ4n) is 2.58. The predicted octanol–water partition coefficient (Wildman–Crippen LogP) is 5.28. The van der Waals surface area contributed by atoms with Crippen molar-refractivity contribution in [2.75, 3.05) is 5.32 Å². The number of hydrogen-bond donors (Lipinski definition) is 1. The van der Waals surface area contributed by atoms with E-state index in [1.54, 1.807) is 22.9 Å². The summed E-state index contributed by atoms with van der Waals surface area (Å²) >= 11 is 4.51. The molecular weight excluding hydrogens is 384 g/mol. The summed E-state index contributed by atoms with van der Waals surface area (Å²) in [5.74, 6) is -0.175. The van der Waals surface area contributed by atoms with Crippen LogP contribution >= 0.6 is 34.0 Å². The highest BCUT2D eigenvalue weighted by Gasteiger charge is 2.13. The summed E-state index contributed by atoms with van der Waals surface area (Å²) in [7, 11) is 0. The highest BCUT2D eigenvalue weighted by molar-refractivity contribution is 7.22. The largest absolute Gasteiger partial charge is 0.298 e. The number of thiazole rings is 3. The maximum absolute atomic E-state index is 12.5. The molecule has 1 N–H and O–H groups in total. The van der Waals surface area contributed by atoms with Crippen LogP contribution in [0.25, 0.3) is 31.1 Å². The molecule has 0 unspecified atom stereocenters. The summed E-state index contributed by atoms with van der Waals surface area (Å²) in [6.45, 7) is 0. The van der Waals surface area contributed by atoms with E-state index in [2.05, 4.69) is 20.3 Å². The van der Waals surface area contributed by atoms with Crippen molar-refractivity contribution in [1.82, 2.24) is 15.0 Å². The van der Waals surface area contributed by atoms with Gasteiger partial charge in [0, 0.05) is 10.9 Å². The number of hydrogen-bond acceptors (Lipinski definition) is 7. The molecule has 0 aliphatic rings. The molecule has 0 fully saturated rings. The molecule has 126 valence electrons. The van der Waals surface area contributed by atoms with E-state index in [1.165, 1.54) is 22.7 Å². The van der Waals surface area contributed by atoms with E-state index in [1.807, 2.05) is 41.8 Å². The Labute approximate surface area is 160 Å². The molecule has 5 aromatic rings. The molecule has 8 heteroatoms. The normalized spacial score (nSPS) is 11.2. The Morgan fingerprint density at radius 1 is 0.962 bits per heavy atom. The van der Waals surface area contributed by atoms with Crippen LogP contribution in [-0.2, 0) is 0 Å². The van der Waals surface area contributed by atoms with E-state index in [-0.39, 0.29) is 5.91 Å². The van der Waals surface area contributed by atoms with E-state index >= 15 is 0 Å². The fourth-order valence-corrected chi connectivity index (χ4v) is 4.98. The van der Waals surface area contributed by atoms with Crippen LogP contribution in [-0.4, -0.2) is 20.9 Å². The quantitative estimate of drug-likeness (QED) is 0.452. The molecule has 0 saturated heterocycles. The summed E-state index contributed by atoms with van der Waals surface area (Å²) in [6, 6.07) is 13.5. The van der Waals surface area contributed by atoms with E-state index in [0.717, 1.165) is 31.1 Å². The Hall–Kier alpha value is -2.68. The van der Waals surface area contributed by atoms with Crippen LogP contribution in [0.15, 0.2) is 53.4 Å². The monoisotopic (exact) mass is 394 g/mol. The molecule has 3 heterocycles. The third-order valence-electron chi connectivity index (χ3n) is 3.83. The number of rotatable bonds is 3. The lowest BCUT2D eigenvalue weighted by atomic mass is 10.2. The van der Waals surface area contributed by atoms with E-state index < -0.39 is 0 Å². The average molecular weight is 395 g/mol. The van der Waals surface area contributed by atoms with Crippen LogP contribution in [0.4, 0.5) is 5.13 Å². The highest BCUT2D eigenvalue weighted by atomic mass is 32.1. The van der Waals surface area contributed by atoms with Crippen molar-refractivity contribution in [3.8, 4) is 10.7 Å². The smallest absolute Gasteiger partial charge is 0.257 e. The summed E-state index contributed by atoms with van der Waals surface area (Å²) in [5, 5.41) is 6.20. The third kappa shape index (κ3) is 2.78. The number of benzene rings is 2. The average Bonchev–Trinajstić information content (AvgIpc) is 3.39. The van der Waals surface area contributed by atoms with Crippen molar-refractivity contribution in [3.63, 3.8) is 0 Å². The Kier molecular flexibility index (Phi) is 3.74. The van der Waals surface area contributed by atoms with E-state index in [4.69, 9.17) is 0 Å². The van der Waals surface area contributed by atoms with Crippen molar-refractivity contribution in [3.05, 3.63) is 58.9 Å². The van der Waals surface area contributed by atoms with Gasteiger partial charge in [-0.05, 0) is 30.3 Å². The molecule has 0 bridgehead atoms. The lowest BCUT2D eigenvalue weighted by Gasteiger charge is -2.01. The number of carbonyl (C=O) groups excluding carboxylic acids is 1. The molecule has 0 spiro atoms. The van der Waals surface area contributed by atoms with Crippen molar-refractivity contribution in [2.24, 2.45) is 0 Å². The Morgan fingerprint density at radius 3 is 2.81 bits per heavy atom. The van der Waals surface area contributed by atoms with Gasteiger partial charge in [-0.2, -0.15) is 0 Å². The zero-order valence-electron chi connectivity index (χ0n) is 13.2. The van der Waals surface area contributed by atoms with Gasteiger partial charge in [0.25, 0.3) is 5.91 Å². The van der Waals surface area contributed by atoms with Gasteiger partial charge in [0.15, 0.2) is 5.13 Å². The van der Waals surface area contributed by atoms with Crippen molar-refractivity contribution >= 4 is 65.5 Å². The number of anilines is 1. The van der Waals surface area contributed by atoms with Crippen molar-refractivity contribution in [1.29, 1.82) is 0 Å². The maximum Gasteiger partial charge on any atom is 0.257 e. The van der Waals surface area contributed by atoms with Gasteiger partial charge >= 0.3 is 0 Å². The molecule has 26 heavy (non-hydrogen) atoms. The van der Waals surface area contributed by atoms with Gasteiger partial charge in [0.2, 0.25) is 0 Å². The Bertz CT molecular complexity index is 1220. The number of para-hydroxylation sites is 1. The molecule has 3 aromatic heterocycles. The van der Waals surface area contributed by atoms with Gasteiger partial charge in [-0.3, -0.25) is 10.1 Å². The van der Waals surface area contributed by atoms with Crippen molar-refractivity contribution < 1.29 is 4.79 Å². The number of nitrogens with one attached hydrogen (secondary N) is 1. The second-order valence-corrected chi connectivity index (χ2v) is 8.29. The summed E-state index contributed by atoms with van der Waals surface area (Å²) < 4.78 is 2.12. The minimum absolute atomic E-state index is 0.175. The van der Waals surface area contributed by atoms with Crippen LogP contribution in [0, 0.1) is 0 Å². The van der Waals surface area contributed by atoms with Crippen molar-refractivity contribution in [2.45, 2.75) is 0 Å². The number of amides is 1. The molecule has 0 aliphatic heterocycles. The molecule has 5 rings (SSSR count). The topological polar surface area (TPSA) is 67.8 Å². The molecular formula is C18H10N4OS3. The van der Waals surface area contributed by atoms with E-state index in [9.17, 15) is 4.79 Å². The van der Waals surface area contributed by atoms with Gasteiger partial charge in [-0.25, -0.2) is 15.0 Å². The maximum atomic E-state index is 12.5. The number of aromatic nitrogens is 3. The standard InChI is InChI=1S/C18H10N4OS3/c23-16(10-5-6-11-15(7-10)25-9-19-11)22-18-21-13(8-24-18)17-20-12-3-1-2-4-14(12)26-17/h1-9H,(H,21,22,23). The zero-order chi connectivity index (χ0) is 17.5. The zero-order valence-corrected chi connectivity index (χ0v) is 15.6. The molecule has 0 aliphatic carbocycles. The van der Waals surface area contributed by atoms with Crippen LogP contribution in [0.3, 0.4) is 0 Å². The molecule has 1 amide bonds.